The number of ether oxygens (including phenoxy) is 1. The average Bonchev–Trinajstić information content (AvgIpc) is 3.52. The van der Waals surface area contributed by atoms with Crippen molar-refractivity contribution in [1.29, 1.82) is 0 Å². The fourth-order valence-corrected chi connectivity index (χ4v) is 8.14. The van der Waals surface area contributed by atoms with E-state index in [0.29, 0.717) is 37.6 Å². The monoisotopic (exact) mass is 671 g/mol. The summed E-state index contributed by atoms with van der Waals surface area (Å²) in [5.41, 5.74) is 2.58. The number of allylic oxidation sites excluding steroid dienone is 6. The molecule has 3 aliphatic carbocycles. The number of aromatic hydroxyl groups is 1. The lowest BCUT2D eigenvalue weighted by Gasteiger charge is -2.42. The van der Waals surface area contributed by atoms with Gasteiger partial charge >= 0.3 is 0 Å². The van der Waals surface area contributed by atoms with Gasteiger partial charge in [-0.2, -0.15) is 0 Å². The number of nitrogens with zero attached hydrogens (tertiary/aromatic N) is 1. The number of rotatable bonds is 4. The molecule has 4 unspecified atom stereocenters. The highest BCUT2D eigenvalue weighted by Crippen LogP contribution is 2.57. The van der Waals surface area contributed by atoms with Gasteiger partial charge in [0.1, 0.15) is 0 Å². The van der Waals surface area contributed by atoms with Crippen molar-refractivity contribution >= 4 is 66.6 Å². The second-order valence-corrected chi connectivity index (χ2v) is 12.8. The predicted molar refractivity (Wildman–Crippen MR) is 151 cm³/mol. The molecule has 4 aliphatic rings. The van der Waals surface area contributed by atoms with Crippen molar-refractivity contribution < 1.29 is 29.0 Å². The standard InChI is InChI=1S/C29H23Br2NO6S/c1-12-8-19(33)23-18(26(12)34)9-16-14(21(23)17-10-20(38-2)27(35)25(31)24(17)30)5-6-15-22(16)29(37)32(28(15)36)11-13-4-3-7-39-13/h3-5,7-8,10,15-16,21-22,35H,6,9,11H2,1-2H3. The Balaban J connectivity index is 1.51. The van der Waals surface area contributed by atoms with Gasteiger partial charge in [-0.1, -0.05) is 17.7 Å². The fourth-order valence-electron chi connectivity index (χ4n) is 6.49. The van der Waals surface area contributed by atoms with Gasteiger partial charge in [0.15, 0.2) is 23.1 Å². The summed E-state index contributed by atoms with van der Waals surface area (Å²) in [4.78, 5) is 56.5. The highest BCUT2D eigenvalue weighted by molar-refractivity contribution is 9.13. The van der Waals surface area contributed by atoms with Crippen molar-refractivity contribution in [2.45, 2.75) is 32.2 Å². The molecule has 6 rings (SSSR count). The number of Topliss-reactive ketones (excluding diaryl/α,β-unsaturated/α-hetero) is 1. The van der Waals surface area contributed by atoms with Gasteiger partial charge in [0.05, 0.1) is 30.0 Å². The smallest absolute Gasteiger partial charge is 0.234 e. The lowest BCUT2D eigenvalue weighted by atomic mass is 9.59. The summed E-state index contributed by atoms with van der Waals surface area (Å²) in [5.74, 6) is -3.01. The van der Waals surface area contributed by atoms with E-state index in [1.54, 1.807) is 13.0 Å². The number of hydrogen-bond donors (Lipinski definition) is 1. The Bertz CT molecular complexity index is 1570. The lowest BCUT2D eigenvalue weighted by Crippen LogP contribution is -2.39. The van der Waals surface area contributed by atoms with Gasteiger partial charge in [-0.05, 0) is 86.7 Å². The third-order valence-electron chi connectivity index (χ3n) is 8.25. The maximum Gasteiger partial charge on any atom is 0.234 e. The Labute approximate surface area is 245 Å². The largest absolute Gasteiger partial charge is 0.503 e. The third kappa shape index (κ3) is 3.94. The van der Waals surface area contributed by atoms with E-state index in [9.17, 15) is 24.3 Å². The van der Waals surface area contributed by atoms with E-state index >= 15 is 0 Å². The number of hydrogen-bond acceptors (Lipinski definition) is 7. The van der Waals surface area contributed by atoms with E-state index in [1.807, 2.05) is 23.6 Å². The van der Waals surface area contributed by atoms with Crippen LogP contribution in [0.15, 0.2) is 67.0 Å². The number of methoxy groups -OCH3 is 1. The molecule has 1 aromatic heterocycles. The first-order chi connectivity index (χ1) is 18.6. The molecule has 0 saturated carbocycles. The molecule has 4 atom stereocenters. The van der Waals surface area contributed by atoms with Gasteiger partial charge in [-0.3, -0.25) is 24.1 Å². The van der Waals surface area contributed by atoms with E-state index in [-0.39, 0.29) is 47.8 Å². The topological polar surface area (TPSA) is 101 Å². The van der Waals surface area contributed by atoms with Crippen LogP contribution < -0.4 is 4.74 Å². The molecule has 200 valence electrons. The number of halogens is 2. The number of imide groups is 1. The van der Waals surface area contributed by atoms with Crippen molar-refractivity contribution in [3.05, 3.63) is 77.4 Å². The second-order valence-electron chi connectivity index (χ2n) is 10.2. The number of benzene rings is 1. The molecule has 7 nitrogen and oxygen atoms in total. The van der Waals surface area contributed by atoms with Crippen LogP contribution in [0.5, 0.6) is 11.5 Å². The summed E-state index contributed by atoms with van der Waals surface area (Å²) < 4.78 is 6.28. The first kappa shape index (κ1) is 26.4. The van der Waals surface area contributed by atoms with Crippen molar-refractivity contribution in [2.24, 2.45) is 17.8 Å². The maximum atomic E-state index is 13.8. The molecule has 1 aromatic carbocycles. The van der Waals surface area contributed by atoms with Gasteiger partial charge in [-0.15, -0.1) is 11.3 Å². The van der Waals surface area contributed by atoms with Crippen molar-refractivity contribution in [3.8, 4) is 11.5 Å². The van der Waals surface area contributed by atoms with Crippen LogP contribution in [0.2, 0.25) is 0 Å². The van der Waals surface area contributed by atoms with Crippen LogP contribution in [-0.4, -0.2) is 40.5 Å². The Hall–Kier alpha value is -2.82. The molecule has 2 aromatic rings. The van der Waals surface area contributed by atoms with Crippen LogP contribution in [0, 0.1) is 17.8 Å². The zero-order valence-electron chi connectivity index (χ0n) is 21.0. The van der Waals surface area contributed by atoms with Crippen molar-refractivity contribution in [1.82, 2.24) is 4.90 Å². The molecule has 1 saturated heterocycles. The molecule has 0 bridgehead atoms. The van der Waals surface area contributed by atoms with Crippen LogP contribution >= 0.6 is 43.2 Å². The van der Waals surface area contributed by atoms with Crippen LogP contribution in [0.4, 0.5) is 0 Å². The molecule has 0 radical (unpaired) electrons. The number of fused-ring (bicyclic) bond motifs is 3. The molecule has 10 heteroatoms. The Morgan fingerprint density at radius 3 is 2.59 bits per heavy atom. The number of amides is 2. The van der Waals surface area contributed by atoms with E-state index < -0.39 is 23.7 Å². The second kappa shape index (κ2) is 9.67. The Kier molecular flexibility index (Phi) is 6.55. The first-order valence-corrected chi connectivity index (χ1v) is 14.9. The number of thiophene rings is 1. The van der Waals surface area contributed by atoms with E-state index in [1.165, 1.54) is 29.4 Å². The van der Waals surface area contributed by atoms with Crippen LogP contribution in [0.3, 0.4) is 0 Å². The number of phenols is 1. The molecule has 2 amide bonds. The Morgan fingerprint density at radius 2 is 1.90 bits per heavy atom. The number of likely N-dealkylation sites (tertiary alicyclic amines) is 1. The van der Waals surface area contributed by atoms with Gasteiger partial charge < -0.3 is 9.84 Å². The lowest BCUT2D eigenvalue weighted by molar-refractivity contribution is -0.140. The minimum Gasteiger partial charge on any atom is -0.503 e. The molecule has 1 fully saturated rings. The normalized spacial score (nSPS) is 26.3. The average molecular weight is 673 g/mol. The van der Waals surface area contributed by atoms with Crippen LogP contribution in [0.25, 0.3) is 0 Å². The summed E-state index contributed by atoms with van der Waals surface area (Å²) in [5, 5.41) is 12.5. The summed E-state index contributed by atoms with van der Waals surface area (Å²) >= 11 is 8.49. The summed E-state index contributed by atoms with van der Waals surface area (Å²) in [7, 11) is 1.43. The fraction of sp³-hybridized carbons (Fsp3) is 0.310. The number of phenolic OH excluding ortho intramolecular Hbond substituents is 1. The highest BCUT2D eigenvalue weighted by atomic mass is 79.9. The third-order valence-corrected chi connectivity index (χ3v) is 11.3. The maximum absolute atomic E-state index is 13.8. The number of carbonyl (C=O) groups is 4. The van der Waals surface area contributed by atoms with Crippen molar-refractivity contribution in [2.75, 3.05) is 7.11 Å². The molecule has 39 heavy (non-hydrogen) atoms. The zero-order chi connectivity index (χ0) is 27.7. The zero-order valence-corrected chi connectivity index (χ0v) is 25.0. The molecule has 2 heterocycles. The SMILES string of the molecule is COc1cc(C2C3=CCC4C(=O)N(Cc5cccs5)C(=O)C4C3CC3=C2C(=O)C=C(C)C3=O)c(Br)c(Br)c1O. The van der Waals surface area contributed by atoms with Gasteiger partial charge in [0, 0.05) is 32.0 Å². The molecular weight excluding hydrogens is 650 g/mol. The Morgan fingerprint density at radius 1 is 1.13 bits per heavy atom. The molecular formula is C29H23Br2NO6S. The first-order valence-electron chi connectivity index (χ1n) is 12.5. The number of ketones is 2. The van der Waals surface area contributed by atoms with Gasteiger partial charge in [0.2, 0.25) is 11.8 Å². The van der Waals surface area contributed by atoms with E-state index in [0.717, 1.165) is 10.5 Å². The molecule has 1 N–H and O–H groups in total. The van der Waals surface area contributed by atoms with Crippen LogP contribution in [0.1, 0.15) is 36.1 Å². The number of carbonyl (C=O) groups excluding carboxylic acids is 4. The van der Waals surface area contributed by atoms with E-state index in [2.05, 4.69) is 31.9 Å². The highest BCUT2D eigenvalue weighted by Gasteiger charge is 2.56. The summed E-state index contributed by atoms with van der Waals surface area (Å²) in [6.07, 6.45) is 3.93. The minimum absolute atomic E-state index is 0.102. The predicted octanol–water partition coefficient (Wildman–Crippen LogP) is 5.62. The van der Waals surface area contributed by atoms with Gasteiger partial charge in [0.25, 0.3) is 0 Å². The summed E-state index contributed by atoms with van der Waals surface area (Å²) in [6.45, 7) is 1.85. The molecule has 0 spiro atoms. The van der Waals surface area contributed by atoms with Crippen LogP contribution in [-0.2, 0) is 25.7 Å². The molecule has 1 aliphatic heterocycles. The van der Waals surface area contributed by atoms with Gasteiger partial charge in [-0.25, -0.2) is 0 Å². The quantitative estimate of drug-likeness (QED) is 0.257. The van der Waals surface area contributed by atoms with Crippen molar-refractivity contribution in [3.63, 3.8) is 0 Å². The summed E-state index contributed by atoms with van der Waals surface area (Å²) in [6, 6.07) is 5.45. The minimum atomic E-state index is -0.657. The van der Waals surface area contributed by atoms with E-state index in [4.69, 9.17) is 4.74 Å².